The van der Waals surface area contributed by atoms with Crippen molar-refractivity contribution in [3.63, 3.8) is 0 Å². The predicted octanol–water partition coefficient (Wildman–Crippen LogP) is 0.806. The van der Waals surface area contributed by atoms with Crippen LogP contribution >= 0.6 is 0 Å². The molecular formula is C10H19O3Y-. The van der Waals surface area contributed by atoms with Gasteiger partial charge >= 0.3 is 0 Å². The first-order valence-electron chi connectivity index (χ1n) is 4.85. The summed E-state index contributed by atoms with van der Waals surface area (Å²) in [6.07, 6.45) is 0.892. The van der Waals surface area contributed by atoms with Crippen molar-refractivity contribution in [1.29, 1.82) is 0 Å². The summed E-state index contributed by atoms with van der Waals surface area (Å²) in [5, 5.41) is 18.6. The zero-order valence-electron chi connectivity index (χ0n) is 9.05. The van der Waals surface area contributed by atoms with Gasteiger partial charge in [-0.05, 0) is 6.10 Å². The van der Waals surface area contributed by atoms with E-state index in [9.17, 15) is 5.11 Å². The molecule has 1 rings (SSSR count). The molecule has 0 aromatic heterocycles. The molecule has 1 aliphatic heterocycles. The van der Waals surface area contributed by atoms with Gasteiger partial charge < -0.3 is 14.9 Å². The molecule has 0 saturated carbocycles. The Kier molecular flexibility index (Phi) is 7.00. The van der Waals surface area contributed by atoms with Gasteiger partial charge in [-0.2, -0.15) is 5.92 Å². The third-order valence-electron chi connectivity index (χ3n) is 3.12. The summed E-state index contributed by atoms with van der Waals surface area (Å²) >= 11 is 0. The minimum atomic E-state index is -0.756. The zero-order chi connectivity index (χ0) is 10.0. The first-order chi connectivity index (χ1) is 6.06. The first-order valence-corrected chi connectivity index (χ1v) is 4.85. The molecule has 0 aromatic rings. The fourth-order valence-corrected chi connectivity index (χ4v) is 1.70. The molecule has 4 unspecified atom stereocenters. The van der Waals surface area contributed by atoms with Gasteiger partial charge in [0.25, 0.3) is 0 Å². The van der Waals surface area contributed by atoms with Crippen molar-refractivity contribution in [3.05, 3.63) is 6.42 Å². The molecule has 1 fully saturated rings. The molecule has 0 amide bonds. The average molecular weight is 276 g/mol. The molecule has 0 bridgehead atoms. The Balaban J connectivity index is 0.00000169. The number of hydrogen-bond donors (Lipinski definition) is 2. The fourth-order valence-electron chi connectivity index (χ4n) is 1.70. The van der Waals surface area contributed by atoms with Crippen LogP contribution in [0.15, 0.2) is 0 Å². The maximum atomic E-state index is 9.59. The molecule has 1 saturated heterocycles. The minimum absolute atomic E-state index is 0. The largest absolute Gasteiger partial charge is 0.397 e. The Morgan fingerprint density at radius 3 is 2.29 bits per heavy atom. The number of ether oxygens (including phenoxy) is 1. The van der Waals surface area contributed by atoms with Gasteiger partial charge in [-0.3, -0.25) is 6.42 Å². The molecule has 1 aliphatic rings. The van der Waals surface area contributed by atoms with E-state index in [0.29, 0.717) is 11.8 Å². The molecular weight excluding hydrogens is 257 g/mol. The molecule has 0 spiro atoms. The van der Waals surface area contributed by atoms with Crippen LogP contribution in [0, 0.1) is 24.2 Å². The van der Waals surface area contributed by atoms with E-state index in [1.807, 2.05) is 13.3 Å². The smallest absolute Gasteiger partial charge is 0.154 e. The summed E-state index contributed by atoms with van der Waals surface area (Å²) in [7, 11) is 0. The van der Waals surface area contributed by atoms with Gasteiger partial charge in [0, 0.05) is 45.2 Å². The molecule has 14 heavy (non-hydrogen) atoms. The average Bonchev–Trinajstić information content (AvgIpc) is 2.20. The summed E-state index contributed by atoms with van der Waals surface area (Å²) in [6.45, 7) is 6.10. The predicted molar refractivity (Wildman–Crippen MR) is 49.8 cm³/mol. The van der Waals surface area contributed by atoms with E-state index in [1.54, 1.807) is 0 Å². The third kappa shape index (κ3) is 3.53. The monoisotopic (exact) mass is 276 g/mol. The normalized spacial score (nSPS) is 43.9. The Hall–Kier alpha value is 0.984. The van der Waals surface area contributed by atoms with E-state index in [1.165, 1.54) is 0 Å². The van der Waals surface area contributed by atoms with Crippen molar-refractivity contribution in [2.45, 2.75) is 33.2 Å². The van der Waals surface area contributed by atoms with E-state index in [-0.39, 0.29) is 51.3 Å². The van der Waals surface area contributed by atoms with Crippen LogP contribution in [0.25, 0.3) is 0 Å². The number of rotatable bonds is 1. The molecule has 2 N–H and O–H groups in total. The number of aliphatic hydroxyl groups excluding tert-OH is 2. The van der Waals surface area contributed by atoms with E-state index >= 15 is 0 Å². The van der Waals surface area contributed by atoms with Crippen LogP contribution in [0.2, 0.25) is 0 Å². The van der Waals surface area contributed by atoms with Crippen molar-refractivity contribution in [3.8, 4) is 0 Å². The van der Waals surface area contributed by atoms with Gasteiger partial charge in [0.05, 0.1) is 0 Å². The summed E-state index contributed by atoms with van der Waals surface area (Å²) in [5.74, 6) is 0.860. The number of aliphatic hydroxyl groups is 2. The van der Waals surface area contributed by atoms with Crippen LogP contribution in [0.3, 0.4) is 0 Å². The van der Waals surface area contributed by atoms with E-state index in [0.717, 1.165) is 0 Å². The minimum Gasteiger partial charge on any atom is -0.397 e. The SMILES string of the molecule is CC1[CH-][C@@H](CO)OC(O)C(C)C1C.[Y]. The molecule has 5 atom stereocenters. The Morgan fingerprint density at radius 1 is 1.21 bits per heavy atom. The zero-order valence-corrected chi connectivity index (χ0v) is 11.9. The van der Waals surface area contributed by atoms with Crippen LogP contribution in [0.1, 0.15) is 20.8 Å². The molecule has 4 heteroatoms. The Morgan fingerprint density at radius 2 is 1.79 bits per heavy atom. The summed E-state index contributed by atoms with van der Waals surface area (Å²) in [6, 6.07) is 0. The molecule has 1 heterocycles. The van der Waals surface area contributed by atoms with Gasteiger partial charge in [-0.1, -0.05) is 26.7 Å². The van der Waals surface area contributed by atoms with E-state index in [2.05, 4.69) is 13.8 Å². The van der Waals surface area contributed by atoms with Gasteiger partial charge in [-0.25, -0.2) is 0 Å². The van der Waals surface area contributed by atoms with Gasteiger partial charge in [-0.15, -0.1) is 0 Å². The third-order valence-corrected chi connectivity index (χ3v) is 3.12. The molecule has 3 nitrogen and oxygen atoms in total. The van der Waals surface area contributed by atoms with Crippen LogP contribution in [0.5, 0.6) is 0 Å². The van der Waals surface area contributed by atoms with E-state index in [4.69, 9.17) is 9.84 Å². The van der Waals surface area contributed by atoms with Crippen molar-refractivity contribution in [1.82, 2.24) is 0 Å². The summed E-state index contributed by atoms with van der Waals surface area (Å²) in [5.41, 5.74) is 0. The second kappa shape index (κ2) is 6.54. The van der Waals surface area contributed by atoms with Crippen molar-refractivity contribution >= 4 is 0 Å². The maximum absolute atomic E-state index is 9.59. The topological polar surface area (TPSA) is 49.7 Å². The molecule has 0 aromatic carbocycles. The molecule has 81 valence electrons. The second-order valence-electron chi connectivity index (χ2n) is 4.02. The van der Waals surface area contributed by atoms with Crippen molar-refractivity contribution in [2.24, 2.45) is 17.8 Å². The Bertz CT molecular complexity index is 149. The maximum Gasteiger partial charge on any atom is 0.154 e. The van der Waals surface area contributed by atoms with E-state index < -0.39 is 6.29 Å². The van der Waals surface area contributed by atoms with Gasteiger partial charge in [0.15, 0.2) is 6.29 Å². The van der Waals surface area contributed by atoms with Crippen molar-refractivity contribution in [2.75, 3.05) is 6.61 Å². The van der Waals surface area contributed by atoms with Crippen molar-refractivity contribution < 1.29 is 47.7 Å². The fraction of sp³-hybridized carbons (Fsp3) is 0.900. The first kappa shape index (κ1) is 15.0. The summed E-state index contributed by atoms with van der Waals surface area (Å²) in [4.78, 5) is 0. The van der Waals surface area contributed by atoms with Crippen LogP contribution in [-0.4, -0.2) is 29.2 Å². The van der Waals surface area contributed by atoms with Crippen LogP contribution in [0.4, 0.5) is 0 Å². The van der Waals surface area contributed by atoms with Gasteiger partial charge in [0.1, 0.15) is 0 Å². The summed E-state index contributed by atoms with van der Waals surface area (Å²) < 4.78 is 5.26. The molecule has 1 radical (unpaired) electrons. The number of hydrogen-bond acceptors (Lipinski definition) is 3. The van der Waals surface area contributed by atoms with Gasteiger partial charge in [0.2, 0.25) is 0 Å². The van der Waals surface area contributed by atoms with Crippen LogP contribution < -0.4 is 0 Å². The second-order valence-corrected chi connectivity index (χ2v) is 4.02. The standard InChI is InChI=1S/C10H19O3.Y/c1-6-4-9(5-11)13-10(12)8(3)7(6)2;/h4,6-12H,5H2,1-3H3;/q-1;/t6?,7?,8?,9-,10?;/m0./s1. The van der Waals surface area contributed by atoms with Crippen LogP contribution in [-0.2, 0) is 37.4 Å². The molecule has 0 aliphatic carbocycles. The Labute approximate surface area is 111 Å². The quantitative estimate of drug-likeness (QED) is 0.697.